The summed E-state index contributed by atoms with van der Waals surface area (Å²) in [7, 11) is 0. The molecule has 0 unspecified atom stereocenters. The van der Waals surface area contributed by atoms with Gasteiger partial charge in [-0.1, -0.05) is 11.8 Å². The number of anilines is 1. The van der Waals surface area contributed by atoms with Gasteiger partial charge < -0.3 is 10.5 Å². The molecular weight excluding hydrogens is 415 g/mol. The summed E-state index contributed by atoms with van der Waals surface area (Å²) in [5.74, 6) is 0.144. The molecule has 0 radical (unpaired) electrons. The molecule has 0 aliphatic heterocycles. The van der Waals surface area contributed by atoms with Crippen molar-refractivity contribution in [3.63, 3.8) is 0 Å². The Morgan fingerprint density at radius 2 is 2.07 bits per heavy atom. The lowest BCUT2D eigenvalue weighted by Crippen LogP contribution is -2.08. The van der Waals surface area contributed by atoms with Crippen LogP contribution in [0.1, 0.15) is 33.7 Å². The number of carbonyl (C=O) groups excluding carboxylic acids is 1. The summed E-state index contributed by atoms with van der Waals surface area (Å²) in [4.78, 5) is 28.8. The van der Waals surface area contributed by atoms with E-state index in [-0.39, 0.29) is 23.3 Å². The number of alkyl halides is 3. The van der Waals surface area contributed by atoms with Crippen LogP contribution in [0.25, 0.3) is 10.2 Å². The SMILES string of the molecule is CCOC(=O)c1sc2nc(CSc3nccc(C(F)(F)F)n3)nc(N)c2c1C. The molecule has 2 N–H and O–H groups in total. The normalized spacial score (nSPS) is 11.8. The number of aryl methyl sites for hydroxylation is 1. The van der Waals surface area contributed by atoms with E-state index in [0.29, 0.717) is 26.5 Å². The largest absolute Gasteiger partial charge is 0.462 e. The Hall–Kier alpha value is -2.47. The number of halogens is 3. The van der Waals surface area contributed by atoms with E-state index >= 15 is 0 Å². The molecule has 0 bridgehead atoms. The van der Waals surface area contributed by atoms with Crippen LogP contribution in [0.5, 0.6) is 0 Å². The van der Waals surface area contributed by atoms with Crippen LogP contribution in [0, 0.1) is 6.92 Å². The third kappa shape index (κ3) is 4.17. The third-order valence-electron chi connectivity index (χ3n) is 3.58. The van der Waals surface area contributed by atoms with Crippen LogP contribution in [0.2, 0.25) is 0 Å². The molecule has 3 aromatic heterocycles. The van der Waals surface area contributed by atoms with Crippen LogP contribution in [-0.4, -0.2) is 32.5 Å². The molecule has 3 rings (SSSR count). The van der Waals surface area contributed by atoms with Crippen molar-refractivity contribution in [3.8, 4) is 0 Å². The fourth-order valence-electron chi connectivity index (χ4n) is 2.37. The molecule has 0 aromatic carbocycles. The van der Waals surface area contributed by atoms with Gasteiger partial charge in [0.1, 0.15) is 27.0 Å². The molecule has 28 heavy (non-hydrogen) atoms. The minimum Gasteiger partial charge on any atom is -0.462 e. The monoisotopic (exact) mass is 429 g/mol. The second-order valence-electron chi connectivity index (χ2n) is 5.49. The standard InChI is InChI=1S/C16H14F3N5O2S2/c1-3-26-14(25)11-7(2)10-12(20)23-9(24-13(10)28-11)6-27-15-21-5-4-8(22-15)16(17,18)19/h4-5H,3,6H2,1-2H3,(H2,20,23,24). The molecule has 0 saturated heterocycles. The topological polar surface area (TPSA) is 104 Å². The highest BCUT2D eigenvalue weighted by molar-refractivity contribution is 7.98. The van der Waals surface area contributed by atoms with Crippen molar-refractivity contribution in [1.29, 1.82) is 0 Å². The molecule has 0 fully saturated rings. The van der Waals surface area contributed by atoms with Crippen molar-refractivity contribution >= 4 is 45.1 Å². The van der Waals surface area contributed by atoms with E-state index in [4.69, 9.17) is 10.5 Å². The summed E-state index contributed by atoms with van der Waals surface area (Å²) >= 11 is 2.09. The zero-order chi connectivity index (χ0) is 20.5. The smallest absolute Gasteiger partial charge is 0.433 e. The van der Waals surface area contributed by atoms with Crippen molar-refractivity contribution in [2.75, 3.05) is 12.3 Å². The van der Waals surface area contributed by atoms with Crippen LogP contribution in [0.15, 0.2) is 17.4 Å². The van der Waals surface area contributed by atoms with E-state index in [1.165, 1.54) is 0 Å². The molecule has 3 heterocycles. The van der Waals surface area contributed by atoms with E-state index in [1.807, 2.05) is 0 Å². The van der Waals surface area contributed by atoms with Crippen molar-refractivity contribution in [1.82, 2.24) is 19.9 Å². The zero-order valence-corrected chi connectivity index (χ0v) is 16.3. The summed E-state index contributed by atoms with van der Waals surface area (Å²) in [6, 6.07) is 0.802. The van der Waals surface area contributed by atoms with Gasteiger partial charge in [0.15, 0.2) is 5.16 Å². The maximum absolute atomic E-state index is 12.7. The molecule has 0 amide bonds. The maximum Gasteiger partial charge on any atom is 0.433 e. The first-order valence-corrected chi connectivity index (χ1v) is 9.76. The minimum atomic E-state index is -4.55. The number of thiophene rings is 1. The number of thioether (sulfide) groups is 1. The number of hydrogen-bond donors (Lipinski definition) is 1. The van der Waals surface area contributed by atoms with Crippen molar-refractivity contribution in [2.45, 2.75) is 30.9 Å². The summed E-state index contributed by atoms with van der Waals surface area (Å²) in [6.07, 6.45) is -3.50. The lowest BCUT2D eigenvalue weighted by Gasteiger charge is -2.06. The second kappa shape index (κ2) is 7.87. The zero-order valence-electron chi connectivity index (χ0n) is 14.7. The number of nitrogens with zero attached hydrogens (tertiary/aromatic N) is 4. The molecule has 0 aliphatic rings. The predicted octanol–water partition coefficient (Wildman–Crippen LogP) is 3.86. The Kier molecular flexibility index (Phi) is 5.70. The average molecular weight is 429 g/mol. The number of ether oxygens (including phenoxy) is 1. The van der Waals surface area contributed by atoms with E-state index < -0.39 is 17.8 Å². The van der Waals surface area contributed by atoms with E-state index in [2.05, 4.69) is 19.9 Å². The van der Waals surface area contributed by atoms with Gasteiger partial charge >= 0.3 is 12.1 Å². The van der Waals surface area contributed by atoms with E-state index in [0.717, 1.165) is 35.4 Å². The fraction of sp³-hybridized carbons (Fsp3) is 0.312. The van der Waals surface area contributed by atoms with Gasteiger partial charge in [-0.2, -0.15) is 13.2 Å². The van der Waals surface area contributed by atoms with Gasteiger partial charge in [-0.3, -0.25) is 0 Å². The van der Waals surface area contributed by atoms with Crippen molar-refractivity contribution in [3.05, 3.63) is 34.2 Å². The van der Waals surface area contributed by atoms with Crippen LogP contribution in [0.3, 0.4) is 0 Å². The molecular formula is C16H14F3N5O2S2. The summed E-state index contributed by atoms with van der Waals surface area (Å²) in [5, 5.41) is 0.517. The lowest BCUT2D eigenvalue weighted by atomic mass is 10.2. The maximum atomic E-state index is 12.7. The third-order valence-corrected chi connectivity index (χ3v) is 5.60. The minimum absolute atomic E-state index is 0.0494. The fourth-order valence-corrected chi connectivity index (χ4v) is 4.16. The Labute approximate surface area is 165 Å². The molecule has 0 aliphatic carbocycles. The van der Waals surface area contributed by atoms with Gasteiger partial charge in [0.2, 0.25) is 0 Å². The molecule has 0 saturated carbocycles. The number of nitrogens with two attached hydrogens (primary N) is 1. The van der Waals surface area contributed by atoms with Crippen LogP contribution in [-0.2, 0) is 16.7 Å². The summed E-state index contributed by atoms with van der Waals surface area (Å²) in [5.41, 5.74) is 5.63. The Balaban J connectivity index is 1.86. The molecule has 7 nitrogen and oxygen atoms in total. The molecule has 148 valence electrons. The average Bonchev–Trinajstić information content (AvgIpc) is 2.97. The number of rotatable bonds is 5. The highest BCUT2D eigenvalue weighted by Crippen LogP contribution is 2.34. The Bertz CT molecular complexity index is 1040. The lowest BCUT2D eigenvalue weighted by molar-refractivity contribution is -0.141. The van der Waals surface area contributed by atoms with Gasteiger partial charge in [-0.05, 0) is 25.5 Å². The van der Waals surface area contributed by atoms with Gasteiger partial charge in [-0.25, -0.2) is 24.7 Å². The van der Waals surface area contributed by atoms with Crippen molar-refractivity contribution in [2.24, 2.45) is 0 Å². The Morgan fingerprint density at radius 3 is 2.75 bits per heavy atom. The van der Waals surface area contributed by atoms with Gasteiger partial charge in [0, 0.05) is 6.20 Å². The number of fused-ring (bicyclic) bond motifs is 1. The number of nitrogen functional groups attached to an aromatic ring is 1. The predicted molar refractivity (Wildman–Crippen MR) is 99.1 cm³/mol. The summed E-state index contributed by atoms with van der Waals surface area (Å²) < 4.78 is 43.2. The van der Waals surface area contributed by atoms with Crippen molar-refractivity contribution < 1.29 is 22.7 Å². The number of hydrogen-bond acceptors (Lipinski definition) is 9. The van der Waals surface area contributed by atoms with E-state index in [9.17, 15) is 18.0 Å². The van der Waals surface area contributed by atoms with E-state index in [1.54, 1.807) is 13.8 Å². The van der Waals surface area contributed by atoms with Crippen LogP contribution >= 0.6 is 23.1 Å². The highest BCUT2D eigenvalue weighted by Gasteiger charge is 2.32. The van der Waals surface area contributed by atoms with Crippen LogP contribution in [0.4, 0.5) is 19.0 Å². The number of aromatic nitrogens is 4. The molecule has 12 heteroatoms. The number of esters is 1. The van der Waals surface area contributed by atoms with Gasteiger partial charge in [0.25, 0.3) is 0 Å². The number of carbonyl (C=O) groups is 1. The summed E-state index contributed by atoms with van der Waals surface area (Å²) in [6.45, 7) is 3.68. The van der Waals surface area contributed by atoms with Gasteiger partial charge in [-0.15, -0.1) is 11.3 Å². The second-order valence-corrected chi connectivity index (χ2v) is 7.43. The quantitative estimate of drug-likeness (QED) is 0.370. The van der Waals surface area contributed by atoms with Gasteiger partial charge in [0.05, 0.1) is 17.7 Å². The molecule has 0 atom stereocenters. The molecule has 3 aromatic rings. The first-order valence-electron chi connectivity index (χ1n) is 7.96. The Morgan fingerprint density at radius 1 is 1.32 bits per heavy atom. The van der Waals surface area contributed by atoms with Crippen LogP contribution < -0.4 is 5.73 Å². The first-order chi connectivity index (χ1) is 13.2. The first kappa shape index (κ1) is 20.3. The highest BCUT2D eigenvalue weighted by atomic mass is 32.2. The molecule has 0 spiro atoms.